The summed E-state index contributed by atoms with van der Waals surface area (Å²) in [5, 5.41) is 11.8. The van der Waals surface area contributed by atoms with Crippen LogP contribution in [-0.2, 0) is 19.4 Å². The topological polar surface area (TPSA) is 128 Å². The van der Waals surface area contributed by atoms with E-state index in [1.165, 1.54) is 11.3 Å². The average molecular weight is 502 g/mol. The number of carbonyl (C=O) groups excluding carboxylic acids is 1. The van der Waals surface area contributed by atoms with Gasteiger partial charge in [-0.25, -0.2) is 18.8 Å². The van der Waals surface area contributed by atoms with Crippen molar-refractivity contribution in [1.29, 1.82) is 0 Å². The first-order chi connectivity index (χ1) is 16.7. The lowest BCUT2D eigenvalue weighted by Crippen LogP contribution is -2.61. The van der Waals surface area contributed by atoms with E-state index in [1.54, 1.807) is 38.4 Å². The molecule has 0 radical (unpaired) electrons. The van der Waals surface area contributed by atoms with Crippen LogP contribution in [-0.4, -0.2) is 82.3 Å². The highest BCUT2D eigenvalue weighted by Gasteiger charge is 2.48. The van der Waals surface area contributed by atoms with Gasteiger partial charge in [-0.3, -0.25) is 15.1 Å². The third kappa shape index (κ3) is 4.79. The van der Waals surface area contributed by atoms with Gasteiger partial charge in [0.2, 0.25) is 5.91 Å². The van der Waals surface area contributed by atoms with E-state index in [-0.39, 0.29) is 35.3 Å². The minimum absolute atomic E-state index is 0.0547. The summed E-state index contributed by atoms with van der Waals surface area (Å²) in [5.74, 6) is 1.13. The Hall–Kier alpha value is -2.93. The number of rotatable bonds is 7. The quantitative estimate of drug-likeness (QED) is 0.425. The predicted octanol–water partition coefficient (Wildman–Crippen LogP) is 0.451. The number of methoxy groups -OCH3 is 1. The Balaban J connectivity index is 1.36. The van der Waals surface area contributed by atoms with Gasteiger partial charge in [-0.2, -0.15) is 0 Å². The Morgan fingerprint density at radius 2 is 1.89 bits per heavy atom. The van der Waals surface area contributed by atoms with Gasteiger partial charge < -0.3 is 20.3 Å². The van der Waals surface area contributed by atoms with Gasteiger partial charge in [-0.1, -0.05) is 18.2 Å². The smallest absolute Gasteiger partial charge is 0.244 e. The van der Waals surface area contributed by atoms with E-state index < -0.39 is 15.8 Å². The molecule has 4 unspecified atom stereocenters. The van der Waals surface area contributed by atoms with Crippen molar-refractivity contribution in [2.45, 2.75) is 35.8 Å². The van der Waals surface area contributed by atoms with Gasteiger partial charge in [0, 0.05) is 46.0 Å². The van der Waals surface area contributed by atoms with Crippen molar-refractivity contribution < 1.29 is 17.9 Å². The molecule has 4 heterocycles. The number of para-hydroxylation sites is 1. The number of benzene rings is 1. The summed E-state index contributed by atoms with van der Waals surface area (Å²) in [7, 11) is -0.0291. The SMILES string of the molecule is COC1CN(c2cccc(NC3CC(Nc4ccccc4S(C)(=O)=O)C4C(=O)N(C)NC4N3)n2)C1. The summed E-state index contributed by atoms with van der Waals surface area (Å²) in [6, 6.07) is 12.3. The normalized spacial score (nSPS) is 26.9. The molecule has 2 aromatic rings. The molecule has 0 saturated carbocycles. The molecule has 0 spiro atoms. The second-order valence-electron chi connectivity index (χ2n) is 9.29. The number of hydrogen-bond donors (Lipinski definition) is 4. The number of fused-ring (bicyclic) bond motifs is 1. The molecule has 11 nitrogen and oxygen atoms in total. The lowest BCUT2D eigenvalue weighted by atomic mass is 9.88. The van der Waals surface area contributed by atoms with Crippen LogP contribution in [0.5, 0.6) is 0 Å². The lowest BCUT2D eigenvalue weighted by Gasteiger charge is -2.40. The van der Waals surface area contributed by atoms with Crippen LogP contribution in [0.4, 0.5) is 17.3 Å². The fraction of sp³-hybridized carbons (Fsp3) is 0.478. The Labute approximate surface area is 205 Å². The second-order valence-corrected chi connectivity index (χ2v) is 11.3. The van der Waals surface area contributed by atoms with Crippen molar-refractivity contribution in [3.05, 3.63) is 42.5 Å². The summed E-state index contributed by atoms with van der Waals surface area (Å²) >= 11 is 0. The Morgan fingerprint density at radius 3 is 2.63 bits per heavy atom. The fourth-order valence-electron chi connectivity index (χ4n) is 4.94. The maximum absolute atomic E-state index is 12.9. The molecule has 5 rings (SSSR count). The summed E-state index contributed by atoms with van der Waals surface area (Å²) in [5.41, 5.74) is 3.67. The summed E-state index contributed by atoms with van der Waals surface area (Å²) in [4.78, 5) is 20.0. The molecule has 4 N–H and O–H groups in total. The number of anilines is 3. The summed E-state index contributed by atoms with van der Waals surface area (Å²) in [6.45, 7) is 1.62. The van der Waals surface area contributed by atoms with Gasteiger partial charge in [0.05, 0.1) is 34.9 Å². The van der Waals surface area contributed by atoms with E-state index >= 15 is 0 Å². The van der Waals surface area contributed by atoms with Crippen LogP contribution in [0.1, 0.15) is 6.42 Å². The highest BCUT2D eigenvalue weighted by atomic mass is 32.2. The third-order valence-corrected chi connectivity index (χ3v) is 7.96. The van der Waals surface area contributed by atoms with Crippen molar-refractivity contribution in [1.82, 2.24) is 20.7 Å². The van der Waals surface area contributed by atoms with Gasteiger partial charge in [-0.05, 0) is 24.3 Å². The Morgan fingerprint density at radius 1 is 1.11 bits per heavy atom. The number of ether oxygens (including phenoxy) is 1. The van der Waals surface area contributed by atoms with Crippen LogP contribution in [0.25, 0.3) is 0 Å². The zero-order valence-electron chi connectivity index (χ0n) is 19.9. The first-order valence-electron chi connectivity index (χ1n) is 11.6. The number of aromatic nitrogens is 1. The number of hydrazine groups is 1. The summed E-state index contributed by atoms with van der Waals surface area (Å²) in [6.07, 6.45) is 1.42. The van der Waals surface area contributed by atoms with Gasteiger partial charge in [-0.15, -0.1) is 0 Å². The molecule has 3 saturated heterocycles. The van der Waals surface area contributed by atoms with Gasteiger partial charge in [0.1, 0.15) is 11.6 Å². The van der Waals surface area contributed by atoms with E-state index in [0.29, 0.717) is 17.9 Å². The molecule has 0 bridgehead atoms. The molecule has 0 aliphatic carbocycles. The van der Waals surface area contributed by atoms with Crippen molar-refractivity contribution in [3.63, 3.8) is 0 Å². The van der Waals surface area contributed by atoms with Crippen molar-refractivity contribution in [3.8, 4) is 0 Å². The molecule has 3 fully saturated rings. The van der Waals surface area contributed by atoms with Crippen molar-refractivity contribution >= 4 is 33.1 Å². The van der Waals surface area contributed by atoms with Gasteiger partial charge in [0.15, 0.2) is 9.84 Å². The average Bonchev–Trinajstić information content (AvgIpc) is 3.06. The van der Waals surface area contributed by atoms with E-state index in [4.69, 9.17) is 9.72 Å². The van der Waals surface area contributed by atoms with Crippen LogP contribution < -0.4 is 26.3 Å². The van der Waals surface area contributed by atoms with Gasteiger partial charge in [0.25, 0.3) is 0 Å². The van der Waals surface area contributed by atoms with E-state index in [0.717, 1.165) is 18.9 Å². The van der Waals surface area contributed by atoms with Crippen LogP contribution in [0.3, 0.4) is 0 Å². The maximum atomic E-state index is 12.9. The number of hydrogen-bond acceptors (Lipinski definition) is 10. The highest BCUT2D eigenvalue weighted by Crippen LogP contribution is 2.31. The minimum Gasteiger partial charge on any atom is -0.380 e. The second kappa shape index (κ2) is 9.26. The number of pyridine rings is 1. The largest absolute Gasteiger partial charge is 0.380 e. The van der Waals surface area contributed by atoms with Crippen LogP contribution in [0.15, 0.2) is 47.4 Å². The minimum atomic E-state index is -3.44. The number of amides is 1. The number of nitrogens with one attached hydrogen (secondary N) is 4. The van der Waals surface area contributed by atoms with Crippen LogP contribution >= 0.6 is 0 Å². The van der Waals surface area contributed by atoms with Crippen molar-refractivity contribution in [2.75, 3.05) is 49.0 Å². The standard InChI is InChI=1S/C23H31N7O4S/c1-29-23(31)21-16(24-15-7-4-5-8-17(15)35(3,32)33)11-19(27-22(21)28-29)25-18-9-6-10-20(26-18)30-12-14(13-30)34-2/h4-10,14,16,19,21-22,24,27-28H,11-13H2,1-3H3,(H,25,26). The molecule has 3 aliphatic heterocycles. The summed E-state index contributed by atoms with van der Waals surface area (Å²) < 4.78 is 30.0. The van der Waals surface area contributed by atoms with Crippen LogP contribution in [0.2, 0.25) is 0 Å². The number of sulfone groups is 1. The first-order valence-corrected chi connectivity index (χ1v) is 13.5. The number of nitrogens with zero attached hydrogens (tertiary/aromatic N) is 3. The maximum Gasteiger partial charge on any atom is 0.244 e. The van der Waals surface area contributed by atoms with E-state index in [2.05, 4.69) is 26.3 Å². The zero-order chi connectivity index (χ0) is 24.7. The molecular weight excluding hydrogens is 470 g/mol. The third-order valence-electron chi connectivity index (χ3n) is 6.80. The zero-order valence-corrected chi connectivity index (χ0v) is 20.7. The molecule has 12 heteroatoms. The van der Waals surface area contributed by atoms with E-state index in [1.807, 2.05) is 18.2 Å². The molecule has 1 amide bonds. The Bertz CT molecular complexity index is 1200. The van der Waals surface area contributed by atoms with E-state index in [9.17, 15) is 13.2 Å². The molecule has 1 aromatic heterocycles. The monoisotopic (exact) mass is 501 g/mol. The highest BCUT2D eigenvalue weighted by molar-refractivity contribution is 7.90. The number of carbonyl (C=O) groups is 1. The molecule has 3 aliphatic rings. The molecule has 1 aromatic carbocycles. The van der Waals surface area contributed by atoms with Crippen molar-refractivity contribution in [2.24, 2.45) is 5.92 Å². The van der Waals surface area contributed by atoms with Gasteiger partial charge >= 0.3 is 0 Å². The molecule has 188 valence electrons. The Kier molecular flexibility index (Phi) is 6.30. The molecule has 35 heavy (non-hydrogen) atoms. The lowest BCUT2D eigenvalue weighted by molar-refractivity contribution is -0.131. The molecule has 4 atom stereocenters. The fourth-order valence-corrected chi connectivity index (χ4v) is 5.79. The first kappa shape index (κ1) is 23.8. The van der Waals surface area contributed by atoms with Crippen LogP contribution in [0, 0.1) is 5.92 Å². The predicted molar refractivity (Wildman–Crippen MR) is 133 cm³/mol. The molecular formula is C23H31N7O4S. The number of piperidine rings is 1.